The average molecular weight is 1040 g/mol. The molecule has 3 fully saturated rings. The number of piperidine rings is 2. The van der Waals surface area contributed by atoms with Crippen molar-refractivity contribution in [1.82, 2.24) is 54.4 Å². The van der Waals surface area contributed by atoms with Gasteiger partial charge in [0, 0.05) is 98.2 Å². The second kappa shape index (κ2) is 22.5. The van der Waals surface area contributed by atoms with Gasteiger partial charge >= 0.3 is 0 Å². The lowest BCUT2D eigenvalue weighted by Crippen LogP contribution is -2.48. The second-order valence-electron chi connectivity index (χ2n) is 21.0. The van der Waals surface area contributed by atoms with Gasteiger partial charge in [0.05, 0.1) is 24.1 Å². The summed E-state index contributed by atoms with van der Waals surface area (Å²) >= 11 is 8.03. The molecule has 0 radical (unpaired) electrons. The zero-order chi connectivity index (χ0) is 51.6. The molecule has 0 spiro atoms. The van der Waals surface area contributed by atoms with Crippen molar-refractivity contribution in [2.45, 2.75) is 98.1 Å². The number of aromatic nitrogens is 6. The lowest BCUT2D eigenvalue weighted by atomic mass is 9.95. The van der Waals surface area contributed by atoms with Gasteiger partial charge in [0.25, 0.3) is 0 Å². The predicted octanol–water partition coefficient (Wildman–Crippen LogP) is 8.17. The summed E-state index contributed by atoms with van der Waals surface area (Å²) in [6.45, 7) is 20.9. The molecule has 4 aliphatic rings. The standard InChI is InChI=1S/C56H69ClN12O4S/c1-35(2)44-29-45(48(71)31-47(44)70)54-62-61-49(32-50(72)58-19-24-64-20-7-6-8-21-64)69(54)43-15-9-39(10-16-43)33-65-25-27-66(28-26-65)34-40-17-22-67(23-18-40)51(73)30-46-55-63-60-38(5)68(55)56-52(36(3)37(4)74-56)53(59-46)41-11-13-42(57)14-12-41/h9-16,29,31,35,40,46,70-71H,6-8,17-28,30,32-34H2,1-5H3,(H,58,72)/t46-/m0/s1. The van der Waals surface area contributed by atoms with E-state index in [4.69, 9.17) is 16.6 Å². The molecule has 390 valence electrons. The van der Waals surface area contributed by atoms with Crippen molar-refractivity contribution in [3.05, 3.63) is 116 Å². The van der Waals surface area contributed by atoms with Crippen LogP contribution in [0.4, 0.5) is 0 Å². The van der Waals surface area contributed by atoms with Crippen LogP contribution in [0, 0.1) is 26.7 Å². The highest BCUT2D eigenvalue weighted by Gasteiger charge is 2.35. The molecule has 0 saturated carbocycles. The Morgan fingerprint density at radius 1 is 0.797 bits per heavy atom. The second-order valence-corrected chi connectivity index (χ2v) is 22.6. The molecule has 74 heavy (non-hydrogen) atoms. The molecule has 1 atom stereocenters. The minimum atomic E-state index is -0.482. The van der Waals surface area contributed by atoms with Crippen molar-refractivity contribution in [2.75, 3.05) is 72.0 Å². The van der Waals surface area contributed by atoms with Crippen molar-refractivity contribution >= 4 is 40.5 Å². The lowest BCUT2D eigenvalue weighted by Gasteiger charge is -2.39. The van der Waals surface area contributed by atoms with E-state index in [-0.39, 0.29) is 42.1 Å². The number of rotatable bonds is 15. The van der Waals surface area contributed by atoms with Crippen molar-refractivity contribution in [3.63, 3.8) is 0 Å². The van der Waals surface area contributed by atoms with E-state index in [1.807, 2.05) is 66.6 Å². The molecule has 18 heteroatoms. The number of piperazine rings is 1. The minimum Gasteiger partial charge on any atom is -0.508 e. The van der Waals surface area contributed by atoms with E-state index < -0.39 is 6.04 Å². The van der Waals surface area contributed by atoms with Gasteiger partial charge in [-0.2, -0.15) is 0 Å². The molecule has 3 N–H and O–H groups in total. The van der Waals surface area contributed by atoms with E-state index in [9.17, 15) is 19.8 Å². The van der Waals surface area contributed by atoms with Gasteiger partial charge in [-0.3, -0.25) is 28.6 Å². The Labute approximate surface area is 443 Å². The Kier molecular flexibility index (Phi) is 15.6. The Hall–Kier alpha value is -5.98. The molecule has 6 aromatic rings. The number of carbonyl (C=O) groups excluding carboxylic acids is 2. The molecule has 10 rings (SSSR count). The van der Waals surface area contributed by atoms with Crippen LogP contribution in [0.25, 0.3) is 22.1 Å². The number of phenols is 2. The summed E-state index contributed by atoms with van der Waals surface area (Å²) in [5, 5.41) is 44.7. The zero-order valence-electron chi connectivity index (χ0n) is 43.4. The van der Waals surface area contributed by atoms with Crippen LogP contribution in [0.5, 0.6) is 11.5 Å². The maximum absolute atomic E-state index is 14.2. The zero-order valence-corrected chi connectivity index (χ0v) is 44.9. The topological polar surface area (TPSA) is 173 Å². The first-order valence-corrected chi connectivity index (χ1v) is 27.6. The first kappa shape index (κ1) is 51.5. The normalized spacial score (nSPS) is 18.1. The summed E-state index contributed by atoms with van der Waals surface area (Å²) in [5.41, 5.74) is 7.12. The number of nitrogens with zero attached hydrogens (tertiary/aromatic N) is 11. The van der Waals surface area contributed by atoms with Crippen LogP contribution < -0.4 is 5.32 Å². The number of benzene rings is 3. The molecule has 3 saturated heterocycles. The van der Waals surface area contributed by atoms with Gasteiger partial charge in [-0.05, 0) is 118 Å². The maximum atomic E-state index is 14.2. The van der Waals surface area contributed by atoms with Crippen LogP contribution in [-0.4, -0.2) is 149 Å². The van der Waals surface area contributed by atoms with E-state index in [2.05, 4.69) is 71.0 Å². The third-order valence-corrected chi connectivity index (χ3v) is 17.0. The van der Waals surface area contributed by atoms with Crippen LogP contribution >= 0.6 is 22.9 Å². The van der Waals surface area contributed by atoms with Crippen molar-refractivity contribution in [2.24, 2.45) is 10.9 Å². The minimum absolute atomic E-state index is 0.00363. The van der Waals surface area contributed by atoms with Gasteiger partial charge < -0.3 is 30.2 Å². The van der Waals surface area contributed by atoms with Crippen LogP contribution in [0.1, 0.15) is 114 Å². The predicted molar refractivity (Wildman–Crippen MR) is 290 cm³/mol. The summed E-state index contributed by atoms with van der Waals surface area (Å²) in [7, 11) is 0. The van der Waals surface area contributed by atoms with E-state index in [0.717, 1.165) is 118 Å². The number of hydrogen-bond donors (Lipinski definition) is 3. The quantitative estimate of drug-likeness (QED) is 0.0906. The Bertz CT molecular complexity index is 3000. The smallest absolute Gasteiger partial charge is 0.227 e. The number of phenolic OH excluding ortho intramolecular Hbond substituents is 2. The summed E-state index contributed by atoms with van der Waals surface area (Å²) in [4.78, 5) is 43.6. The van der Waals surface area contributed by atoms with Gasteiger partial charge in [-0.25, -0.2) is 0 Å². The number of likely N-dealkylation sites (tertiary alicyclic amines) is 2. The maximum Gasteiger partial charge on any atom is 0.227 e. The summed E-state index contributed by atoms with van der Waals surface area (Å²) < 4.78 is 3.96. The lowest BCUT2D eigenvalue weighted by molar-refractivity contribution is -0.133. The molecular weight excluding hydrogens is 972 g/mol. The summed E-state index contributed by atoms with van der Waals surface area (Å²) in [6.07, 6.45) is 5.85. The fourth-order valence-electron chi connectivity index (χ4n) is 11.2. The van der Waals surface area contributed by atoms with E-state index in [1.54, 1.807) is 17.4 Å². The van der Waals surface area contributed by atoms with E-state index in [1.165, 1.54) is 41.3 Å². The number of thiophene rings is 1. The average Bonchev–Trinajstić information content (AvgIpc) is 4.05. The van der Waals surface area contributed by atoms with Crippen molar-refractivity contribution in [3.8, 4) is 33.6 Å². The Balaban J connectivity index is 0.743. The molecule has 0 unspecified atom stereocenters. The monoisotopic (exact) mass is 1040 g/mol. The van der Waals surface area contributed by atoms with Gasteiger partial charge in [0.2, 0.25) is 11.8 Å². The molecule has 3 aromatic carbocycles. The number of hydrogen-bond acceptors (Lipinski definition) is 13. The number of amides is 2. The van der Waals surface area contributed by atoms with Crippen LogP contribution in [0.15, 0.2) is 65.7 Å². The number of fused-ring (bicyclic) bond motifs is 3. The fourth-order valence-corrected chi connectivity index (χ4v) is 12.5. The number of halogens is 1. The third kappa shape index (κ3) is 11.2. The van der Waals surface area contributed by atoms with Crippen molar-refractivity contribution < 1.29 is 19.8 Å². The highest BCUT2D eigenvalue weighted by molar-refractivity contribution is 7.15. The largest absolute Gasteiger partial charge is 0.508 e. The number of carbonyl (C=O) groups is 2. The number of aromatic hydroxyl groups is 2. The Morgan fingerprint density at radius 2 is 1.51 bits per heavy atom. The highest BCUT2D eigenvalue weighted by Crippen LogP contribution is 2.41. The first-order valence-electron chi connectivity index (χ1n) is 26.5. The van der Waals surface area contributed by atoms with Crippen LogP contribution in [0.3, 0.4) is 0 Å². The molecule has 4 aliphatic heterocycles. The van der Waals surface area contributed by atoms with Crippen molar-refractivity contribution in [1.29, 1.82) is 0 Å². The van der Waals surface area contributed by atoms with Crippen LogP contribution in [-0.2, 0) is 22.6 Å². The third-order valence-electron chi connectivity index (χ3n) is 15.5. The summed E-state index contributed by atoms with van der Waals surface area (Å²) in [5.74, 6) is 2.75. The fraction of sp³-hybridized carbons (Fsp3) is 0.482. The highest BCUT2D eigenvalue weighted by atomic mass is 35.5. The van der Waals surface area contributed by atoms with Crippen LogP contribution in [0.2, 0.25) is 5.02 Å². The Morgan fingerprint density at radius 3 is 2.23 bits per heavy atom. The number of aliphatic imine (C=N–C) groups is 1. The van der Waals surface area contributed by atoms with E-state index >= 15 is 0 Å². The molecule has 0 bridgehead atoms. The molecule has 3 aromatic heterocycles. The molecule has 2 amide bonds. The molecular formula is C56H69ClN12O4S. The van der Waals surface area contributed by atoms with Gasteiger partial charge in [0.1, 0.15) is 34.2 Å². The molecule has 16 nitrogen and oxygen atoms in total. The van der Waals surface area contributed by atoms with Gasteiger partial charge in [-0.15, -0.1) is 31.7 Å². The number of nitrogens with one attached hydrogen (secondary N) is 1. The SMILES string of the molecule is Cc1sc2c(c1C)C(c1ccc(Cl)cc1)=N[C@@H](CC(=O)N1CCC(CN3CCN(Cc4ccc(-n5c(CC(=O)NCCN6CCCCC6)nnc5-c5cc(C(C)C)c(O)cc5O)cc4)CC3)CC1)c1nnc(C)n1-2. The van der Waals surface area contributed by atoms with Gasteiger partial charge in [0.15, 0.2) is 11.6 Å². The van der Waals surface area contributed by atoms with Gasteiger partial charge in [-0.1, -0.05) is 56.1 Å². The first-order chi connectivity index (χ1) is 35.8. The number of aryl methyl sites for hydroxylation is 2. The van der Waals surface area contributed by atoms with E-state index in [0.29, 0.717) is 46.1 Å². The summed E-state index contributed by atoms with van der Waals surface area (Å²) in [6, 6.07) is 18.7. The molecule has 0 aliphatic carbocycles. The molecule has 7 heterocycles.